The fourth-order valence-corrected chi connectivity index (χ4v) is 2.58. The molecule has 0 bridgehead atoms. The first-order chi connectivity index (χ1) is 9.16. The fraction of sp³-hybridized carbons (Fsp3) is 0.750. The molecule has 1 aliphatic heterocycles. The van der Waals surface area contributed by atoms with Gasteiger partial charge in [-0.15, -0.1) is 0 Å². The monoisotopic (exact) mass is 286 g/mol. The van der Waals surface area contributed by atoms with E-state index in [0.717, 1.165) is 44.4 Å². The molecule has 0 aliphatic carbocycles. The van der Waals surface area contributed by atoms with Gasteiger partial charge in [0.2, 0.25) is 0 Å². The van der Waals surface area contributed by atoms with Crippen LogP contribution >= 0.6 is 11.5 Å². The minimum Gasteiger partial charge on any atom is -0.484 e. The quantitative estimate of drug-likeness (QED) is 0.820. The molecule has 0 saturated carbocycles. The molecule has 0 atom stereocenters. The van der Waals surface area contributed by atoms with E-state index in [4.69, 9.17) is 15.2 Å². The molecule has 0 radical (unpaired) electrons. The minimum absolute atomic E-state index is 0.0958. The van der Waals surface area contributed by atoms with Crippen molar-refractivity contribution in [3.63, 3.8) is 0 Å². The summed E-state index contributed by atoms with van der Waals surface area (Å²) in [5.74, 6) is 1.15. The van der Waals surface area contributed by atoms with Crippen LogP contribution in [0.25, 0.3) is 0 Å². The second kappa shape index (κ2) is 6.93. The lowest BCUT2D eigenvalue weighted by atomic mass is 10.4. The third kappa shape index (κ3) is 4.22. The van der Waals surface area contributed by atoms with E-state index < -0.39 is 0 Å². The second-order valence-corrected chi connectivity index (χ2v) is 5.55. The number of nitrogens with two attached hydrogens (primary N) is 1. The smallest absolute Gasteiger partial charge is 0.197 e. The Bertz CT molecular complexity index is 391. The second-order valence-electron chi connectivity index (χ2n) is 4.77. The van der Waals surface area contributed by atoms with Crippen molar-refractivity contribution in [3.8, 4) is 5.75 Å². The van der Waals surface area contributed by atoms with Crippen LogP contribution in [-0.2, 0) is 4.74 Å². The summed E-state index contributed by atoms with van der Waals surface area (Å²) in [6.45, 7) is 9.47. The molecule has 0 aromatic carbocycles. The Labute approximate surface area is 118 Å². The molecule has 1 aromatic rings. The van der Waals surface area contributed by atoms with E-state index in [9.17, 15) is 0 Å². The van der Waals surface area contributed by atoms with Gasteiger partial charge in [-0.2, -0.15) is 4.37 Å². The first-order valence-corrected chi connectivity index (χ1v) is 7.40. The zero-order valence-electron chi connectivity index (χ0n) is 11.5. The van der Waals surface area contributed by atoms with Crippen LogP contribution in [0.1, 0.15) is 13.8 Å². The van der Waals surface area contributed by atoms with Crippen LogP contribution in [0.3, 0.4) is 0 Å². The summed E-state index contributed by atoms with van der Waals surface area (Å²) in [5.41, 5.74) is 5.81. The van der Waals surface area contributed by atoms with Gasteiger partial charge in [0.25, 0.3) is 0 Å². The largest absolute Gasteiger partial charge is 0.484 e. The molecule has 6 nitrogen and oxygen atoms in total. The van der Waals surface area contributed by atoms with Gasteiger partial charge in [-0.1, -0.05) is 0 Å². The highest BCUT2D eigenvalue weighted by Crippen LogP contribution is 2.35. The maximum Gasteiger partial charge on any atom is 0.197 e. The molecular weight excluding hydrogens is 264 g/mol. The summed E-state index contributed by atoms with van der Waals surface area (Å²) in [7, 11) is 0. The van der Waals surface area contributed by atoms with E-state index in [1.165, 1.54) is 11.5 Å². The molecule has 1 saturated heterocycles. The van der Waals surface area contributed by atoms with Gasteiger partial charge in [-0.25, -0.2) is 0 Å². The van der Waals surface area contributed by atoms with Crippen LogP contribution in [0, 0.1) is 0 Å². The Morgan fingerprint density at radius 2 is 2.21 bits per heavy atom. The molecule has 1 fully saturated rings. The van der Waals surface area contributed by atoms with Crippen molar-refractivity contribution >= 4 is 22.4 Å². The van der Waals surface area contributed by atoms with Crippen LogP contribution in [0.2, 0.25) is 0 Å². The van der Waals surface area contributed by atoms with Crippen molar-refractivity contribution in [2.75, 3.05) is 50.4 Å². The molecule has 108 valence electrons. The Balaban J connectivity index is 1.81. The van der Waals surface area contributed by atoms with Crippen LogP contribution in [0.15, 0.2) is 0 Å². The molecule has 0 spiro atoms. The van der Waals surface area contributed by atoms with E-state index in [-0.39, 0.29) is 6.10 Å². The highest BCUT2D eigenvalue weighted by Gasteiger charge is 2.15. The van der Waals surface area contributed by atoms with Crippen molar-refractivity contribution in [3.05, 3.63) is 0 Å². The molecule has 19 heavy (non-hydrogen) atoms. The van der Waals surface area contributed by atoms with Crippen molar-refractivity contribution in [1.29, 1.82) is 0 Å². The summed E-state index contributed by atoms with van der Waals surface area (Å²) in [6.07, 6.45) is 0.0958. The number of anilines is 2. The number of hydrogen-bond donors (Lipinski definition) is 2. The summed E-state index contributed by atoms with van der Waals surface area (Å²) >= 11 is 1.35. The lowest BCUT2D eigenvalue weighted by Gasteiger charge is -2.26. The number of aromatic nitrogens is 1. The summed E-state index contributed by atoms with van der Waals surface area (Å²) in [6, 6.07) is 0. The first kappa shape index (κ1) is 14.4. The molecule has 3 N–H and O–H groups in total. The maximum absolute atomic E-state index is 5.81. The zero-order chi connectivity index (χ0) is 13.7. The molecule has 0 amide bonds. The van der Waals surface area contributed by atoms with Crippen molar-refractivity contribution in [2.45, 2.75) is 20.0 Å². The highest BCUT2D eigenvalue weighted by atomic mass is 32.1. The van der Waals surface area contributed by atoms with Crippen LogP contribution in [0.4, 0.5) is 10.8 Å². The summed E-state index contributed by atoms with van der Waals surface area (Å²) in [4.78, 5) is 2.38. The lowest BCUT2D eigenvalue weighted by molar-refractivity contribution is 0.0398. The van der Waals surface area contributed by atoms with Crippen LogP contribution in [-0.4, -0.2) is 54.8 Å². The molecule has 0 unspecified atom stereocenters. The molecule has 2 heterocycles. The van der Waals surface area contributed by atoms with E-state index in [0.29, 0.717) is 11.6 Å². The third-order valence-electron chi connectivity index (χ3n) is 2.84. The Morgan fingerprint density at radius 1 is 1.47 bits per heavy atom. The Kier molecular flexibility index (Phi) is 5.24. The van der Waals surface area contributed by atoms with Gasteiger partial charge in [0.05, 0.1) is 19.3 Å². The molecule has 1 aliphatic rings. The molecular formula is C12H22N4O2S. The minimum atomic E-state index is 0.0958. The maximum atomic E-state index is 5.81. The van der Waals surface area contributed by atoms with Gasteiger partial charge in [-0.3, -0.25) is 4.90 Å². The summed E-state index contributed by atoms with van der Waals surface area (Å²) < 4.78 is 15.1. The fourth-order valence-electron chi connectivity index (χ4n) is 1.91. The molecule has 2 rings (SSSR count). The van der Waals surface area contributed by atoms with Gasteiger partial charge < -0.3 is 20.5 Å². The molecule has 7 heteroatoms. The lowest BCUT2D eigenvalue weighted by Crippen LogP contribution is -2.38. The number of rotatable bonds is 6. The van der Waals surface area contributed by atoms with Gasteiger partial charge in [0, 0.05) is 26.2 Å². The Hall–Kier alpha value is -1.05. The topological polar surface area (TPSA) is 72.6 Å². The van der Waals surface area contributed by atoms with Gasteiger partial charge in [0.1, 0.15) is 0 Å². The van der Waals surface area contributed by atoms with Gasteiger partial charge >= 0.3 is 0 Å². The van der Waals surface area contributed by atoms with E-state index >= 15 is 0 Å². The van der Waals surface area contributed by atoms with E-state index in [2.05, 4.69) is 14.6 Å². The number of ether oxygens (including phenoxy) is 2. The average Bonchev–Trinajstić information content (AvgIpc) is 2.72. The average molecular weight is 286 g/mol. The van der Waals surface area contributed by atoms with E-state index in [1.807, 2.05) is 13.8 Å². The predicted molar refractivity (Wildman–Crippen MR) is 78.0 cm³/mol. The van der Waals surface area contributed by atoms with Gasteiger partial charge in [0.15, 0.2) is 16.6 Å². The standard InChI is InChI=1S/C12H22N4O2S/c1-9(2)18-10-11(13)15-19-12(10)14-3-4-16-5-7-17-8-6-16/h9,14H,3-8H2,1-2H3,(H2,13,15). The SMILES string of the molecule is CC(C)Oc1c(N)nsc1NCCN1CCOCC1. The number of nitrogens with one attached hydrogen (secondary N) is 1. The van der Waals surface area contributed by atoms with Crippen molar-refractivity contribution in [2.24, 2.45) is 0 Å². The number of hydrogen-bond acceptors (Lipinski definition) is 7. The normalized spacial score (nSPS) is 16.8. The van der Waals surface area contributed by atoms with Crippen molar-refractivity contribution < 1.29 is 9.47 Å². The number of nitrogens with zero attached hydrogens (tertiary/aromatic N) is 2. The van der Waals surface area contributed by atoms with E-state index in [1.54, 1.807) is 0 Å². The van der Waals surface area contributed by atoms with Crippen LogP contribution < -0.4 is 15.8 Å². The highest BCUT2D eigenvalue weighted by molar-refractivity contribution is 7.11. The number of morpholine rings is 1. The third-order valence-corrected chi connectivity index (χ3v) is 3.65. The predicted octanol–water partition coefficient (Wildman–Crippen LogP) is 1.26. The van der Waals surface area contributed by atoms with Crippen molar-refractivity contribution in [1.82, 2.24) is 9.27 Å². The number of nitrogen functional groups attached to an aromatic ring is 1. The van der Waals surface area contributed by atoms with Gasteiger partial charge in [-0.05, 0) is 25.4 Å². The van der Waals surface area contributed by atoms with Crippen LogP contribution in [0.5, 0.6) is 5.75 Å². The first-order valence-electron chi connectivity index (χ1n) is 6.62. The summed E-state index contributed by atoms with van der Waals surface area (Å²) in [5, 5.41) is 4.27. The molecule has 1 aromatic heterocycles. The Morgan fingerprint density at radius 3 is 2.89 bits per heavy atom. The zero-order valence-corrected chi connectivity index (χ0v) is 12.3.